The van der Waals surface area contributed by atoms with Crippen LogP contribution in [0.3, 0.4) is 0 Å². The number of allylic oxidation sites excluding steroid dienone is 1. The largest absolute Gasteiger partial charge is 0.392 e. The molecule has 0 spiro atoms. The van der Waals surface area contributed by atoms with E-state index < -0.39 is 0 Å². The van der Waals surface area contributed by atoms with Crippen molar-refractivity contribution in [2.45, 2.75) is 40.0 Å². The first-order chi connectivity index (χ1) is 7.36. The Labute approximate surface area is 98.8 Å². The fourth-order valence-electron chi connectivity index (χ4n) is 1.71. The van der Waals surface area contributed by atoms with Crippen molar-refractivity contribution in [3.05, 3.63) is 41.0 Å². The number of rotatable bonds is 2. The Morgan fingerprint density at radius 1 is 1.06 bits per heavy atom. The molecule has 0 heterocycles. The van der Waals surface area contributed by atoms with Crippen molar-refractivity contribution in [2.24, 2.45) is 0 Å². The monoisotopic (exact) mass is 218 g/mol. The highest BCUT2D eigenvalue weighted by Crippen LogP contribution is 2.25. The van der Waals surface area contributed by atoms with Crippen LogP contribution in [0.15, 0.2) is 29.8 Å². The molecule has 0 amide bonds. The van der Waals surface area contributed by atoms with Gasteiger partial charge in [0.2, 0.25) is 0 Å². The lowest BCUT2D eigenvalue weighted by Gasteiger charge is -2.19. The molecule has 0 atom stereocenters. The van der Waals surface area contributed by atoms with Crippen LogP contribution < -0.4 is 0 Å². The van der Waals surface area contributed by atoms with E-state index in [0.717, 1.165) is 11.1 Å². The Balaban J connectivity index is 3.09. The van der Waals surface area contributed by atoms with Crippen molar-refractivity contribution in [2.75, 3.05) is 6.61 Å². The number of benzene rings is 1. The Hall–Kier alpha value is -1.08. The van der Waals surface area contributed by atoms with Gasteiger partial charge in [-0.15, -0.1) is 0 Å². The van der Waals surface area contributed by atoms with E-state index in [0.29, 0.717) is 0 Å². The van der Waals surface area contributed by atoms with E-state index >= 15 is 0 Å². The molecule has 1 aromatic carbocycles. The van der Waals surface area contributed by atoms with Crippen molar-refractivity contribution >= 4 is 5.57 Å². The number of aliphatic hydroxyl groups is 1. The van der Waals surface area contributed by atoms with E-state index in [1.54, 1.807) is 0 Å². The second-order valence-electron chi connectivity index (χ2n) is 5.46. The highest BCUT2D eigenvalue weighted by molar-refractivity contribution is 5.68. The number of hydrogen-bond acceptors (Lipinski definition) is 1. The minimum absolute atomic E-state index is 0.108. The molecule has 0 aromatic heterocycles. The van der Waals surface area contributed by atoms with Gasteiger partial charge in [-0.25, -0.2) is 0 Å². The molecule has 0 aliphatic carbocycles. The van der Waals surface area contributed by atoms with Gasteiger partial charge < -0.3 is 5.11 Å². The van der Waals surface area contributed by atoms with Crippen LogP contribution in [-0.4, -0.2) is 11.7 Å². The second-order valence-corrected chi connectivity index (χ2v) is 5.46. The Morgan fingerprint density at radius 3 is 1.88 bits per heavy atom. The van der Waals surface area contributed by atoms with Crippen LogP contribution in [0.25, 0.3) is 5.57 Å². The summed E-state index contributed by atoms with van der Waals surface area (Å²) in [6, 6.07) is 8.49. The van der Waals surface area contributed by atoms with E-state index in [9.17, 15) is 5.11 Å². The molecule has 88 valence electrons. The molecular weight excluding hydrogens is 196 g/mol. The summed E-state index contributed by atoms with van der Waals surface area (Å²) in [6.45, 7) is 10.8. The number of aliphatic hydroxyl groups excluding tert-OH is 1. The van der Waals surface area contributed by atoms with Crippen molar-refractivity contribution in [1.29, 1.82) is 0 Å². The van der Waals surface area contributed by atoms with Gasteiger partial charge in [0.25, 0.3) is 0 Å². The predicted molar refractivity (Wildman–Crippen MR) is 70.5 cm³/mol. The lowest BCUT2D eigenvalue weighted by Crippen LogP contribution is -2.10. The average Bonchev–Trinajstić information content (AvgIpc) is 2.17. The highest BCUT2D eigenvalue weighted by Gasteiger charge is 2.13. The zero-order valence-corrected chi connectivity index (χ0v) is 11.0. The van der Waals surface area contributed by atoms with Crippen LogP contribution in [0, 0.1) is 0 Å². The quantitative estimate of drug-likeness (QED) is 0.801. The highest BCUT2D eigenvalue weighted by atomic mass is 16.3. The van der Waals surface area contributed by atoms with Crippen LogP contribution in [0.4, 0.5) is 0 Å². The SMILES string of the molecule is CC(C)=C(CO)c1ccc(C(C)(C)C)cc1. The maximum absolute atomic E-state index is 9.32. The molecule has 1 aromatic rings. The van der Waals surface area contributed by atoms with Gasteiger partial charge in [0.1, 0.15) is 0 Å². The van der Waals surface area contributed by atoms with Crippen LogP contribution >= 0.6 is 0 Å². The molecule has 0 saturated carbocycles. The molecule has 0 aliphatic rings. The summed E-state index contributed by atoms with van der Waals surface area (Å²) in [6.07, 6.45) is 0. The third-order valence-electron chi connectivity index (χ3n) is 2.86. The summed E-state index contributed by atoms with van der Waals surface area (Å²) < 4.78 is 0. The van der Waals surface area contributed by atoms with Crippen LogP contribution in [0.5, 0.6) is 0 Å². The first-order valence-corrected chi connectivity index (χ1v) is 5.74. The normalized spacial score (nSPS) is 11.4. The van der Waals surface area contributed by atoms with Gasteiger partial charge in [0.15, 0.2) is 0 Å². The molecule has 0 saturated heterocycles. The van der Waals surface area contributed by atoms with Gasteiger partial charge in [-0.3, -0.25) is 0 Å². The van der Waals surface area contributed by atoms with E-state index in [1.807, 2.05) is 13.8 Å². The van der Waals surface area contributed by atoms with Gasteiger partial charge in [-0.2, -0.15) is 0 Å². The summed E-state index contributed by atoms with van der Waals surface area (Å²) in [4.78, 5) is 0. The number of hydrogen-bond donors (Lipinski definition) is 1. The summed E-state index contributed by atoms with van der Waals surface area (Å²) in [5, 5.41) is 9.32. The van der Waals surface area contributed by atoms with Crippen molar-refractivity contribution in [1.82, 2.24) is 0 Å². The minimum atomic E-state index is 0.108. The Bertz CT molecular complexity index is 373. The van der Waals surface area contributed by atoms with Gasteiger partial charge in [0, 0.05) is 0 Å². The first-order valence-electron chi connectivity index (χ1n) is 5.74. The predicted octanol–water partition coefficient (Wildman–Crippen LogP) is 3.77. The van der Waals surface area contributed by atoms with Crippen LogP contribution in [0.1, 0.15) is 45.7 Å². The molecule has 0 fully saturated rings. The molecule has 1 N–H and O–H groups in total. The zero-order chi connectivity index (χ0) is 12.3. The minimum Gasteiger partial charge on any atom is -0.392 e. The molecule has 0 radical (unpaired) electrons. The summed E-state index contributed by atoms with van der Waals surface area (Å²) >= 11 is 0. The zero-order valence-electron chi connectivity index (χ0n) is 11.0. The van der Waals surface area contributed by atoms with Crippen LogP contribution in [0.2, 0.25) is 0 Å². The summed E-state index contributed by atoms with van der Waals surface area (Å²) in [7, 11) is 0. The molecule has 1 nitrogen and oxygen atoms in total. The summed E-state index contributed by atoms with van der Waals surface area (Å²) in [5.74, 6) is 0. The Morgan fingerprint density at radius 2 is 1.56 bits per heavy atom. The smallest absolute Gasteiger partial charge is 0.0687 e. The third-order valence-corrected chi connectivity index (χ3v) is 2.86. The van der Waals surface area contributed by atoms with Crippen molar-refractivity contribution in [3.8, 4) is 0 Å². The third kappa shape index (κ3) is 2.96. The molecule has 1 heteroatoms. The van der Waals surface area contributed by atoms with Gasteiger partial charge in [0.05, 0.1) is 6.61 Å². The molecule has 16 heavy (non-hydrogen) atoms. The van der Waals surface area contributed by atoms with E-state index in [-0.39, 0.29) is 12.0 Å². The van der Waals surface area contributed by atoms with Gasteiger partial charge in [-0.1, -0.05) is 50.6 Å². The van der Waals surface area contributed by atoms with E-state index in [2.05, 4.69) is 45.0 Å². The fraction of sp³-hybridized carbons (Fsp3) is 0.467. The molecule has 0 unspecified atom stereocenters. The Kier molecular flexibility index (Phi) is 3.93. The molecular formula is C15H22O. The maximum atomic E-state index is 9.32. The van der Waals surface area contributed by atoms with Crippen LogP contribution in [-0.2, 0) is 5.41 Å². The fourth-order valence-corrected chi connectivity index (χ4v) is 1.71. The first kappa shape index (κ1) is 13.0. The average molecular weight is 218 g/mol. The van der Waals surface area contributed by atoms with E-state index in [1.165, 1.54) is 11.1 Å². The lowest BCUT2D eigenvalue weighted by molar-refractivity contribution is 0.349. The topological polar surface area (TPSA) is 20.2 Å². The standard InChI is InChI=1S/C15H22O/c1-11(2)14(10-16)12-6-8-13(9-7-12)15(3,4)5/h6-9,16H,10H2,1-5H3. The second kappa shape index (κ2) is 4.84. The lowest BCUT2D eigenvalue weighted by atomic mass is 9.86. The summed E-state index contributed by atoms with van der Waals surface area (Å²) in [5.41, 5.74) is 4.83. The maximum Gasteiger partial charge on any atom is 0.0687 e. The molecule has 0 bridgehead atoms. The van der Waals surface area contributed by atoms with Crippen molar-refractivity contribution in [3.63, 3.8) is 0 Å². The van der Waals surface area contributed by atoms with Gasteiger partial charge in [-0.05, 0) is 36.0 Å². The molecule has 1 rings (SSSR count). The van der Waals surface area contributed by atoms with Gasteiger partial charge >= 0.3 is 0 Å². The van der Waals surface area contributed by atoms with E-state index in [4.69, 9.17) is 0 Å². The van der Waals surface area contributed by atoms with Crippen molar-refractivity contribution < 1.29 is 5.11 Å². The molecule has 0 aliphatic heterocycles.